The second-order valence-corrected chi connectivity index (χ2v) is 11.0. The number of hydrogen-bond acceptors (Lipinski definition) is 1. The molecule has 0 fully saturated rings. The smallest absolute Gasteiger partial charge is 0.0473 e. The van der Waals surface area contributed by atoms with Gasteiger partial charge in [0.2, 0.25) is 0 Å². The van der Waals surface area contributed by atoms with Crippen molar-refractivity contribution in [3.63, 3.8) is 0 Å². The highest BCUT2D eigenvalue weighted by atomic mass is 14.6. The summed E-state index contributed by atoms with van der Waals surface area (Å²) in [5.74, 6) is 0. The van der Waals surface area contributed by atoms with Gasteiger partial charge in [-0.05, 0) is 50.3 Å². The van der Waals surface area contributed by atoms with E-state index in [0.29, 0.717) is 0 Å². The van der Waals surface area contributed by atoms with Gasteiger partial charge in [-0.15, -0.1) is 0 Å². The van der Waals surface area contributed by atoms with Gasteiger partial charge in [-0.25, -0.2) is 0 Å². The van der Waals surface area contributed by atoms with Crippen molar-refractivity contribution >= 4 is 5.69 Å². The second-order valence-electron chi connectivity index (χ2n) is 11.0. The Morgan fingerprint density at radius 2 is 0.939 bits per heavy atom. The highest BCUT2D eigenvalue weighted by molar-refractivity contribution is 5.90. The zero-order valence-electron chi connectivity index (χ0n) is 20.7. The summed E-state index contributed by atoms with van der Waals surface area (Å²) < 4.78 is 0. The molecule has 0 unspecified atom stereocenters. The number of nitrogens with two attached hydrogens (primary N) is 1. The zero-order chi connectivity index (χ0) is 23.8. The molecule has 4 rings (SSSR count). The van der Waals surface area contributed by atoms with Crippen LogP contribution in [0, 0.1) is 0 Å². The Kier molecular flexibility index (Phi) is 5.93. The monoisotopic (exact) mass is 433 g/mol. The van der Waals surface area contributed by atoms with Gasteiger partial charge in [-0.3, -0.25) is 0 Å². The van der Waals surface area contributed by atoms with Crippen LogP contribution in [-0.2, 0) is 10.8 Å². The largest absolute Gasteiger partial charge is 0.398 e. The fourth-order valence-electron chi connectivity index (χ4n) is 4.21. The van der Waals surface area contributed by atoms with E-state index in [-0.39, 0.29) is 10.8 Å². The fraction of sp³-hybridized carbons (Fsp3) is 0.250. The van der Waals surface area contributed by atoms with E-state index in [9.17, 15) is 0 Å². The molecule has 0 aliphatic heterocycles. The van der Waals surface area contributed by atoms with E-state index < -0.39 is 0 Å². The molecule has 0 aliphatic carbocycles. The first-order chi connectivity index (χ1) is 15.5. The van der Waals surface area contributed by atoms with Crippen LogP contribution in [0.5, 0.6) is 0 Å². The molecule has 0 radical (unpaired) electrons. The van der Waals surface area contributed by atoms with Crippen LogP contribution in [0.25, 0.3) is 33.4 Å². The lowest BCUT2D eigenvalue weighted by Crippen LogP contribution is -2.16. The molecule has 0 atom stereocenters. The van der Waals surface area contributed by atoms with Gasteiger partial charge in [-0.1, -0.05) is 126 Å². The summed E-state index contributed by atoms with van der Waals surface area (Å²) in [6.07, 6.45) is 0. The SMILES string of the molecule is CC(C)(C)c1cc(-c2cccc(-c3cccc(-c4ccccc4)c3)c2N)cc(C(C)(C)C)c1. The van der Waals surface area contributed by atoms with Crippen molar-refractivity contribution < 1.29 is 0 Å². The first-order valence-electron chi connectivity index (χ1n) is 11.7. The van der Waals surface area contributed by atoms with Gasteiger partial charge in [0.05, 0.1) is 0 Å². The molecule has 1 nitrogen and oxygen atoms in total. The van der Waals surface area contributed by atoms with Crippen LogP contribution in [0.1, 0.15) is 52.7 Å². The molecule has 0 saturated heterocycles. The molecule has 0 bridgehead atoms. The molecule has 4 aromatic rings. The summed E-state index contributed by atoms with van der Waals surface area (Å²) in [5.41, 5.74) is 17.4. The number of benzene rings is 4. The standard InChI is InChI=1S/C32H35N/c1-31(2,3)26-19-25(20-27(21-26)32(4,5)6)29-17-11-16-28(30(29)33)24-15-10-14-23(18-24)22-12-8-7-9-13-22/h7-21H,33H2,1-6H3. The molecule has 0 aliphatic rings. The Balaban J connectivity index is 1.85. The number of nitrogen functional groups attached to an aromatic ring is 1. The quantitative estimate of drug-likeness (QED) is 0.321. The normalized spacial score (nSPS) is 12.1. The lowest BCUT2D eigenvalue weighted by molar-refractivity contribution is 0.569. The van der Waals surface area contributed by atoms with Crippen molar-refractivity contribution in [2.45, 2.75) is 52.4 Å². The summed E-state index contributed by atoms with van der Waals surface area (Å²) in [4.78, 5) is 0. The maximum absolute atomic E-state index is 6.85. The molecule has 0 spiro atoms. The molecule has 1 heteroatoms. The van der Waals surface area contributed by atoms with Gasteiger partial charge >= 0.3 is 0 Å². The Morgan fingerprint density at radius 3 is 1.52 bits per heavy atom. The zero-order valence-corrected chi connectivity index (χ0v) is 20.7. The van der Waals surface area contributed by atoms with Gasteiger partial charge in [0.1, 0.15) is 0 Å². The molecule has 4 aromatic carbocycles. The Morgan fingerprint density at radius 1 is 0.455 bits per heavy atom. The van der Waals surface area contributed by atoms with Gasteiger partial charge in [0.15, 0.2) is 0 Å². The Hall–Kier alpha value is -3.32. The molecule has 0 aromatic heterocycles. The lowest BCUT2D eigenvalue weighted by atomic mass is 9.78. The maximum atomic E-state index is 6.85. The van der Waals surface area contributed by atoms with Gasteiger partial charge in [0.25, 0.3) is 0 Å². The highest BCUT2D eigenvalue weighted by Gasteiger charge is 2.22. The van der Waals surface area contributed by atoms with Crippen LogP contribution in [0.2, 0.25) is 0 Å². The van der Waals surface area contributed by atoms with Crippen LogP contribution in [0.3, 0.4) is 0 Å². The molecule has 0 amide bonds. The average Bonchev–Trinajstić information content (AvgIpc) is 2.78. The van der Waals surface area contributed by atoms with Crippen molar-refractivity contribution in [3.05, 3.63) is 102 Å². The predicted molar refractivity (Wildman–Crippen MR) is 145 cm³/mol. The molecular formula is C32H35N. The molecule has 0 heterocycles. The lowest BCUT2D eigenvalue weighted by Gasteiger charge is -2.26. The molecular weight excluding hydrogens is 398 g/mol. The van der Waals surface area contributed by atoms with Gasteiger partial charge in [-0.2, -0.15) is 0 Å². The van der Waals surface area contributed by atoms with Gasteiger partial charge in [0, 0.05) is 16.8 Å². The van der Waals surface area contributed by atoms with E-state index >= 15 is 0 Å². The number of anilines is 1. The summed E-state index contributed by atoms with van der Waals surface area (Å²) >= 11 is 0. The van der Waals surface area contributed by atoms with Gasteiger partial charge < -0.3 is 5.73 Å². The van der Waals surface area contributed by atoms with E-state index in [2.05, 4.69) is 126 Å². The van der Waals surface area contributed by atoms with Crippen LogP contribution in [-0.4, -0.2) is 0 Å². The molecule has 168 valence electrons. The topological polar surface area (TPSA) is 26.0 Å². The number of rotatable bonds is 3. The van der Waals surface area contributed by atoms with Crippen LogP contribution >= 0.6 is 0 Å². The summed E-state index contributed by atoms with van der Waals surface area (Å²) in [7, 11) is 0. The number of hydrogen-bond donors (Lipinski definition) is 1. The Labute approximate surface area is 199 Å². The van der Waals surface area contributed by atoms with Crippen molar-refractivity contribution in [2.24, 2.45) is 0 Å². The molecule has 2 N–H and O–H groups in total. The third-order valence-corrected chi connectivity index (χ3v) is 6.36. The highest BCUT2D eigenvalue weighted by Crippen LogP contribution is 2.39. The minimum Gasteiger partial charge on any atom is -0.398 e. The van der Waals surface area contributed by atoms with Crippen LogP contribution in [0.4, 0.5) is 5.69 Å². The van der Waals surface area contributed by atoms with Crippen LogP contribution in [0.15, 0.2) is 91.0 Å². The minimum absolute atomic E-state index is 0.0619. The Bertz CT molecular complexity index is 1240. The minimum atomic E-state index is 0.0619. The van der Waals surface area contributed by atoms with Crippen molar-refractivity contribution in [2.75, 3.05) is 5.73 Å². The van der Waals surface area contributed by atoms with Crippen molar-refractivity contribution in [3.8, 4) is 33.4 Å². The average molecular weight is 434 g/mol. The third-order valence-electron chi connectivity index (χ3n) is 6.36. The second kappa shape index (κ2) is 8.56. The van der Waals surface area contributed by atoms with E-state index in [1.165, 1.54) is 27.8 Å². The molecule has 33 heavy (non-hydrogen) atoms. The molecule has 0 saturated carbocycles. The fourth-order valence-corrected chi connectivity index (χ4v) is 4.21. The maximum Gasteiger partial charge on any atom is 0.0473 e. The van der Waals surface area contributed by atoms with Crippen LogP contribution < -0.4 is 5.73 Å². The summed E-state index contributed by atoms with van der Waals surface area (Å²) in [5, 5.41) is 0. The van der Waals surface area contributed by atoms with Crippen molar-refractivity contribution in [1.29, 1.82) is 0 Å². The third kappa shape index (κ3) is 4.88. The predicted octanol–water partition coefficient (Wildman–Crippen LogP) is 8.86. The van der Waals surface area contributed by atoms with E-state index in [1.54, 1.807) is 0 Å². The number of para-hydroxylation sites is 1. The first kappa shape index (κ1) is 22.9. The summed E-state index contributed by atoms with van der Waals surface area (Å²) in [6.45, 7) is 13.6. The summed E-state index contributed by atoms with van der Waals surface area (Å²) in [6, 6.07) is 32.5. The first-order valence-corrected chi connectivity index (χ1v) is 11.7. The van der Waals surface area contributed by atoms with Crippen molar-refractivity contribution in [1.82, 2.24) is 0 Å². The van der Waals surface area contributed by atoms with E-state index in [0.717, 1.165) is 22.4 Å². The van der Waals surface area contributed by atoms with E-state index in [4.69, 9.17) is 5.73 Å². The van der Waals surface area contributed by atoms with E-state index in [1.807, 2.05) is 6.07 Å².